The van der Waals surface area contributed by atoms with E-state index in [9.17, 15) is 18.0 Å². The number of halogens is 3. The van der Waals surface area contributed by atoms with Gasteiger partial charge in [0.15, 0.2) is 0 Å². The van der Waals surface area contributed by atoms with Gasteiger partial charge in [0, 0.05) is 19.7 Å². The van der Waals surface area contributed by atoms with E-state index in [1.54, 1.807) is 0 Å². The maximum Gasteiger partial charge on any atom is 0.451 e. The zero-order valence-electron chi connectivity index (χ0n) is 11.2. The molecule has 0 fully saturated rings. The van der Waals surface area contributed by atoms with Gasteiger partial charge in [-0.25, -0.2) is 9.97 Å². The molecule has 1 aromatic heterocycles. The molecule has 0 spiro atoms. The Morgan fingerprint density at radius 2 is 2.10 bits per heavy atom. The number of nitrogen functional groups attached to an aromatic ring is 1. The van der Waals surface area contributed by atoms with E-state index in [-0.39, 0.29) is 24.1 Å². The van der Waals surface area contributed by atoms with Gasteiger partial charge in [-0.15, -0.1) is 0 Å². The molecule has 0 aliphatic carbocycles. The number of likely N-dealkylation sites (N-methyl/N-ethyl adjacent to an activating group) is 1. The normalized spacial score (nSPS) is 11.2. The van der Waals surface area contributed by atoms with E-state index in [1.165, 1.54) is 18.0 Å². The highest BCUT2D eigenvalue weighted by molar-refractivity contribution is 5.80. The Hall–Kier alpha value is -2.06. The Morgan fingerprint density at radius 1 is 1.45 bits per heavy atom. The van der Waals surface area contributed by atoms with Crippen LogP contribution in [0.5, 0.6) is 0 Å². The first-order chi connectivity index (χ1) is 9.27. The number of carbonyl (C=O) groups excluding carboxylic acids is 1. The first-order valence-electron chi connectivity index (χ1n) is 5.95. The lowest BCUT2D eigenvalue weighted by Crippen LogP contribution is -2.37. The monoisotopic (exact) mass is 291 g/mol. The molecule has 9 heteroatoms. The van der Waals surface area contributed by atoms with Gasteiger partial charge in [0.25, 0.3) is 0 Å². The lowest BCUT2D eigenvalue weighted by atomic mass is 10.3. The molecule has 0 saturated heterocycles. The number of carbonyl (C=O) groups is 1. The average Bonchev–Trinajstić information content (AvgIpc) is 2.36. The fraction of sp³-hybridized carbons (Fsp3) is 0.545. The van der Waals surface area contributed by atoms with Crippen molar-refractivity contribution >= 4 is 17.5 Å². The van der Waals surface area contributed by atoms with Crippen LogP contribution in [0.2, 0.25) is 0 Å². The number of nitrogens with one attached hydrogen (secondary N) is 1. The first-order valence-corrected chi connectivity index (χ1v) is 5.95. The molecule has 20 heavy (non-hydrogen) atoms. The lowest BCUT2D eigenvalue weighted by Gasteiger charge is -2.23. The van der Waals surface area contributed by atoms with Gasteiger partial charge in [-0.3, -0.25) is 4.79 Å². The zero-order valence-corrected chi connectivity index (χ0v) is 11.2. The number of hydrogen-bond acceptors (Lipinski definition) is 5. The van der Waals surface area contributed by atoms with Crippen molar-refractivity contribution in [2.24, 2.45) is 0 Å². The summed E-state index contributed by atoms with van der Waals surface area (Å²) in [4.78, 5) is 19.4. The second-order valence-corrected chi connectivity index (χ2v) is 4.07. The summed E-state index contributed by atoms with van der Waals surface area (Å²) >= 11 is 0. The molecule has 112 valence electrons. The van der Waals surface area contributed by atoms with Crippen LogP contribution in [0.3, 0.4) is 0 Å². The second kappa shape index (κ2) is 6.40. The summed E-state index contributed by atoms with van der Waals surface area (Å²) in [6, 6.07) is 1.22. The van der Waals surface area contributed by atoms with Crippen molar-refractivity contribution in [1.29, 1.82) is 0 Å². The highest BCUT2D eigenvalue weighted by Crippen LogP contribution is 2.28. The van der Waals surface area contributed by atoms with Crippen LogP contribution < -0.4 is 16.0 Å². The first kappa shape index (κ1) is 16.0. The summed E-state index contributed by atoms with van der Waals surface area (Å²) in [6.07, 6.45) is -4.04. The van der Waals surface area contributed by atoms with Gasteiger partial charge in [0.05, 0.1) is 6.54 Å². The number of aromatic nitrogens is 2. The maximum absolute atomic E-state index is 12.6. The molecule has 0 saturated carbocycles. The van der Waals surface area contributed by atoms with Crippen LogP contribution in [0.1, 0.15) is 19.2 Å². The molecular formula is C11H16F3N5O. The van der Waals surface area contributed by atoms with Crippen LogP contribution >= 0.6 is 0 Å². The third-order valence-corrected chi connectivity index (χ3v) is 2.42. The van der Waals surface area contributed by atoms with Crippen molar-refractivity contribution in [2.45, 2.75) is 19.5 Å². The van der Waals surface area contributed by atoms with E-state index in [0.29, 0.717) is 13.0 Å². The van der Waals surface area contributed by atoms with Gasteiger partial charge in [-0.05, 0) is 6.42 Å². The van der Waals surface area contributed by atoms with Crippen LogP contribution in [0, 0.1) is 0 Å². The molecule has 0 aliphatic heterocycles. The van der Waals surface area contributed by atoms with Crippen LogP contribution in [-0.4, -0.2) is 36.0 Å². The summed E-state index contributed by atoms with van der Waals surface area (Å²) in [5.41, 5.74) is 5.38. The molecular weight excluding hydrogens is 275 g/mol. The number of anilines is 2. The summed E-state index contributed by atoms with van der Waals surface area (Å²) in [5.74, 6) is -1.95. The van der Waals surface area contributed by atoms with Crippen molar-refractivity contribution in [2.75, 3.05) is 30.8 Å². The van der Waals surface area contributed by atoms with Gasteiger partial charge in [0.1, 0.15) is 11.6 Å². The van der Waals surface area contributed by atoms with Crippen molar-refractivity contribution in [3.63, 3.8) is 0 Å². The van der Waals surface area contributed by atoms with Crippen molar-refractivity contribution < 1.29 is 18.0 Å². The molecule has 3 N–H and O–H groups in total. The summed E-state index contributed by atoms with van der Waals surface area (Å²) in [5, 5.41) is 2.41. The van der Waals surface area contributed by atoms with Crippen LogP contribution in [0.4, 0.5) is 24.8 Å². The topological polar surface area (TPSA) is 84.1 Å². The molecule has 6 nitrogen and oxygen atoms in total. The van der Waals surface area contributed by atoms with E-state index in [4.69, 9.17) is 5.73 Å². The van der Waals surface area contributed by atoms with Crippen LogP contribution in [0.15, 0.2) is 6.07 Å². The van der Waals surface area contributed by atoms with E-state index in [0.717, 1.165) is 0 Å². The maximum atomic E-state index is 12.6. The predicted octanol–water partition coefficient (Wildman–Crippen LogP) is 1.04. The van der Waals surface area contributed by atoms with Gasteiger partial charge in [0.2, 0.25) is 11.7 Å². The molecule has 1 aromatic rings. The minimum absolute atomic E-state index is 0.0183. The molecule has 0 aliphatic rings. The minimum atomic E-state index is -4.69. The summed E-state index contributed by atoms with van der Waals surface area (Å²) < 4.78 is 37.9. The highest BCUT2D eigenvalue weighted by Gasteiger charge is 2.35. The average molecular weight is 291 g/mol. The third kappa shape index (κ3) is 4.25. The number of alkyl halides is 3. The smallest absolute Gasteiger partial charge is 0.384 e. The van der Waals surface area contributed by atoms with E-state index >= 15 is 0 Å². The van der Waals surface area contributed by atoms with E-state index < -0.39 is 12.0 Å². The predicted molar refractivity (Wildman–Crippen MR) is 68.0 cm³/mol. The second-order valence-electron chi connectivity index (χ2n) is 4.07. The zero-order chi connectivity index (χ0) is 15.3. The highest BCUT2D eigenvalue weighted by atomic mass is 19.4. The van der Waals surface area contributed by atoms with Gasteiger partial charge in [-0.1, -0.05) is 6.92 Å². The standard InChI is InChI=1S/C11H16F3N5O/c1-3-4-19(6-9(20)16-2)8-5-7(15)17-10(18-8)11(12,13)14/h5H,3-4,6H2,1-2H3,(H,16,20)(H2,15,17,18). The molecule has 0 bridgehead atoms. The number of nitrogens with zero attached hydrogens (tertiary/aromatic N) is 3. The van der Waals surface area contributed by atoms with Gasteiger partial charge in [-0.2, -0.15) is 13.2 Å². The third-order valence-electron chi connectivity index (χ3n) is 2.42. The molecule has 1 heterocycles. The Bertz CT molecular complexity index is 478. The largest absolute Gasteiger partial charge is 0.451 e. The molecule has 0 atom stereocenters. The minimum Gasteiger partial charge on any atom is -0.384 e. The molecule has 0 radical (unpaired) electrons. The Balaban J connectivity index is 3.12. The van der Waals surface area contributed by atoms with Crippen LogP contribution in [-0.2, 0) is 11.0 Å². The SMILES string of the molecule is CCCN(CC(=O)NC)c1cc(N)nc(C(F)(F)F)n1. The quantitative estimate of drug-likeness (QED) is 0.847. The number of hydrogen-bond donors (Lipinski definition) is 2. The summed E-state index contributed by atoms with van der Waals surface area (Å²) in [6.45, 7) is 2.12. The van der Waals surface area contributed by atoms with Crippen molar-refractivity contribution in [3.05, 3.63) is 11.9 Å². The lowest BCUT2D eigenvalue weighted by molar-refractivity contribution is -0.144. The Morgan fingerprint density at radius 3 is 2.60 bits per heavy atom. The fourth-order valence-electron chi connectivity index (χ4n) is 1.54. The number of nitrogens with two attached hydrogens (primary N) is 1. The number of amides is 1. The molecule has 1 rings (SSSR count). The Labute approximate surface area is 114 Å². The molecule has 0 aromatic carbocycles. The van der Waals surface area contributed by atoms with Crippen LogP contribution in [0.25, 0.3) is 0 Å². The van der Waals surface area contributed by atoms with Crippen molar-refractivity contribution in [1.82, 2.24) is 15.3 Å². The number of rotatable bonds is 5. The van der Waals surface area contributed by atoms with Crippen molar-refractivity contribution in [3.8, 4) is 0 Å². The molecule has 0 unspecified atom stereocenters. The Kier molecular flexibility index (Phi) is 5.12. The fourth-order valence-corrected chi connectivity index (χ4v) is 1.54. The van der Waals surface area contributed by atoms with Gasteiger partial charge < -0.3 is 16.0 Å². The van der Waals surface area contributed by atoms with Gasteiger partial charge >= 0.3 is 6.18 Å². The van der Waals surface area contributed by atoms with E-state index in [1.807, 2.05) is 6.92 Å². The summed E-state index contributed by atoms with van der Waals surface area (Å²) in [7, 11) is 1.45. The van der Waals surface area contributed by atoms with E-state index in [2.05, 4.69) is 15.3 Å². The molecule has 1 amide bonds.